The van der Waals surface area contributed by atoms with Crippen LogP contribution in [0.15, 0.2) is 42.5 Å². The summed E-state index contributed by atoms with van der Waals surface area (Å²) in [5.41, 5.74) is 3.24. The topological polar surface area (TPSA) is 47.6 Å². The largest absolute Gasteiger partial charge is 0.497 e. The minimum atomic E-state index is -0.574. The molecule has 2 atom stereocenters. The zero-order chi connectivity index (χ0) is 19.3. The van der Waals surface area contributed by atoms with Crippen molar-refractivity contribution >= 4 is 5.91 Å². The zero-order valence-electron chi connectivity index (χ0n) is 16.5. The summed E-state index contributed by atoms with van der Waals surface area (Å²) in [6.45, 7) is 10.00. The maximum Gasteiger partial charge on any atom is 0.261 e. The van der Waals surface area contributed by atoms with Crippen molar-refractivity contribution in [1.82, 2.24) is 5.32 Å². The molecular formula is C22H29NO3. The predicted molar refractivity (Wildman–Crippen MR) is 105 cm³/mol. The molecule has 0 aliphatic carbocycles. The average Bonchev–Trinajstić information content (AvgIpc) is 2.61. The van der Waals surface area contributed by atoms with Gasteiger partial charge >= 0.3 is 0 Å². The molecule has 0 fully saturated rings. The number of rotatable bonds is 7. The van der Waals surface area contributed by atoms with Crippen molar-refractivity contribution in [3.63, 3.8) is 0 Å². The molecule has 0 heterocycles. The van der Waals surface area contributed by atoms with Crippen LogP contribution < -0.4 is 14.8 Å². The average molecular weight is 355 g/mol. The highest BCUT2D eigenvalue weighted by atomic mass is 16.5. The minimum Gasteiger partial charge on any atom is -0.497 e. The van der Waals surface area contributed by atoms with E-state index in [0.717, 1.165) is 28.2 Å². The Bertz CT molecular complexity index is 738. The molecule has 2 aromatic carbocycles. The van der Waals surface area contributed by atoms with Gasteiger partial charge in [-0.05, 0) is 61.6 Å². The second-order valence-corrected chi connectivity index (χ2v) is 6.96. The molecule has 0 aliphatic heterocycles. The number of nitrogens with one attached hydrogen (secondary N) is 1. The van der Waals surface area contributed by atoms with Crippen LogP contribution in [0, 0.1) is 6.92 Å². The van der Waals surface area contributed by atoms with Crippen LogP contribution >= 0.6 is 0 Å². The number of hydrogen-bond acceptors (Lipinski definition) is 3. The minimum absolute atomic E-state index is 0.110. The van der Waals surface area contributed by atoms with Gasteiger partial charge in [0.05, 0.1) is 13.2 Å². The molecule has 4 heteroatoms. The van der Waals surface area contributed by atoms with Crippen LogP contribution in [0.1, 0.15) is 56.3 Å². The maximum absolute atomic E-state index is 12.6. The lowest BCUT2D eigenvalue weighted by Gasteiger charge is -2.21. The van der Waals surface area contributed by atoms with E-state index in [0.29, 0.717) is 5.92 Å². The highest BCUT2D eigenvalue weighted by Crippen LogP contribution is 2.28. The van der Waals surface area contributed by atoms with Crippen LogP contribution in [0.4, 0.5) is 0 Å². The van der Waals surface area contributed by atoms with E-state index in [4.69, 9.17) is 9.47 Å². The number of carbonyl (C=O) groups excluding carboxylic acids is 1. The molecule has 1 amide bonds. The third kappa shape index (κ3) is 5.01. The Morgan fingerprint density at radius 3 is 2.23 bits per heavy atom. The molecule has 0 radical (unpaired) electrons. The Morgan fingerprint density at radius 1 is 1.00 bits per heavy atom. The first-order valence-electron chi connectivity index (χ1n) is 9.03. The molecule has 1 N–H and O–H groups in total. The quantitative estimate of drug-likeness (QED) is 0.778. The van der Waals surface area contributed by atoms with Crippen molar-refractivity contribution in [2.75, 3.05) is 7.11 Å². The van der Waals surface area contributed by atoms with Gasteiger partial charge in [-0.25, -0.2) is 0 Å². The van der Waals surface area contributed by atoms with E-state index in [1.54, 1.807) is 14.0 Å². The third-order valence-electron chi connectivity index (χ3n) is 4.44. The van der Waals surface area contributed by atoms with Gasteiger partial charge in [0.1, 0.15) is 11.5 Å². The van der Waals surface area contributed by atoms with Crippen molar-refractivity contribution < 1.29 is 14.3 Å². The zero-order valence-corrected chi connectivity index (χ0v) is 16.5. The van der Waals surface area contributed by atoms with Gasteiger partial charge in [-0.2, -0.15) is 0 Å². The highest BCUT2D eigenvalue weighted by molar-refractivity contribution is 5.81. The normalized spacial score (nSPS) is 13.2. The number of hydrogen-bond donors (Lipinski definition) is 1. The molecule has 0 bridgehead atoms. The third-order valence-corrected chi connectivity index (χ3v) is 4.44. The molecule has 0 unspecified atom stereocenters. The fourth-order valence-corrected chi connectivity index (χ4v) is 2.77. The maximum atomic E-state index is 12.6. The summed E-state index contributed by atoms with van der Waals surface area (Å²) in [7, 11) is 1.63. The Morgan fingerprint density at radius 2 is 1.65 bits per heavy atom. The summed E-state index contributed by atoms with van der Waals surface area (Å²) in [4.78, 5) is 12.6. The van der Waals surface area contributed by atoms with E-state index in [9.17, 15) is 4.79 Å². The van der Waals surface area contributed by atoms with Gasteiger partial charge in [-0.1, -0.05) is 38.1 Å². The Balaban J connectivity index is 2.04. The molecule has 0 saturated heterocycles. The van der Waals surface area contributed by atoms with Crippen LogP contribution in [0.25, 0.3) is 0 Å². The van der Waals surface area contributed by atoms with E-state index in [-0.39, 0.29) is 11.9 Å². The van der Waals surface area contributed by atoms with Crippen LogP contribution in [0.2, 0.25) is 0 Å². The van der Waals surface area contributed by atoms with E-state index < -0.39 is 6.10 Å². The van der Waals surface area contributed by atoms with E-state index >= 15 is 0 Å². The lowest BCUT2D eigenvalue weighted by atomic mass is 10.0. The summed E-state index contributed by atoms with van der Waals surface area (Å²) in [6.07, 6.45) is -0.574. The molecule has 0 spiro atoms. The van der Waals surface area contributed by atoms with Crippen LogP contribution in [0.3, 0.4) is 0 Å². The molecule has 140 valence electrons. The van der Waals surface area contributed by atoms with Crippen LogP contribution in [-0.2, 0) is 4.79 Å². The smallest absolute Gasteiger partial charge is 0.261 e. The molecule has 4 nitrogen and oxygen atoms in total. The molecule has 2 rings (SSSR count). The van der Waals surface area contributed by atoms with E-state index in [1.165, 1.54) is 0 Å². The fourth-order valence-electron chi connectivity index (χ4n) is 2.77. The lowest BCUT2D eigenvalue weighted by molar-refractivity contribution is -0.127. The molecule has 0 aliphatic rings. The van der Waals surface area contributed by atoms with Gasteiger partial charge in [0.25, 0.3) is 5.91 Å². The van der Waals surface area contributed by atoms with Crippen LogP contribution in [0.5, 0.6) is 11.5 Å². The van der Waals surface area contributed by atoms with Gasteiger partial charge in [0, 0.05) is 0 Å². The van der Waals surface area contributed by atoms with Crippen molar-refractivity contribution in [2.45, 2.75) is 52.7 Å². The molecule has 2 aromatic rings. The Kier molecular flexibility index (Phi) is 6.67. The number of ether oxygens (including phenoxy) is 2. The number of methoxy groups -OCH3 is 1. The Hall–Kier alpha value is -2.49. The van der Waals surface area contributed by atoms with Gasteiger partial charge in [-0.3, -0.25) is 4.79 Å². The van der Waals surface area contributed by atoms with Gasteiger partial charge in [0.15, 0.2) is 6.10 Å². The first-order chi connectivity index (χ1) is 12.3. The lowest BCUT2D eigenvalue weighted by Crippen LogP contribution is -2.38. The summed E-state index contributed by atoms with van der Waals surface area (Å²) in [6, 6.07) is 13.7. The molecule has 26 heavy (non-hydrogen) atoms. The van der Waals surface area contributed by atoms with Crippen LogP contribution in [-0.4, -0.2) is 19.1 Å². The second-order valence-electron chi connectivity index (χ2n) is 6.96. The predicted octanol–water partition coefficient (Wildman–Crippen LogP) is 4.77. The molecule has 0 aromatic heterocycles. The van der Waals surface area contributed by atoms with Crippen molar-refractivity contribution in [1.29, 1.82) is 0 Å². The van der Waals surface area contributed by atoms with Crippen molar-refractivity contribution in [3.8, 4) is 11.5 Å². The van der Waals surface area contributed by atoms with Gasteiger partial charge < -0.3 is 14.8 Å². The molecule has 0 saturated carbocycles. The standard InChI is InChI=1S/C22H29NO3/c1-14(2)20-12-7-15(3)13-21(20)26-17(5)22(24)23-16(4)18-8-10-19(25-6)11-9-18/h7-14,16-17H,1-6H3,(H,23,24)/t16-,17-/m0/s1. The van der Waals surface area contributed by atoms with E-state index in [1.807, 2.05) is 44.2 Å². The SMILES string of the molecule is COc1ccc([C@H](C)NC(=O)[C@H](C)Oc2cc(C)ccc2C(C)C)cc1. The summed E-state index contributed by atoms with van der Waals surface area (Å²) in [5, 5.41) is 3.01. The molecular weight excluding hydrogens is 326 g/mol. The number of carbonyl (C=O) groups is 1. The van der Waals surface area contributed by atoms with Gasteiger partial charge in [-0.15, -0.1) is 0 Å². The fraction of sp³-hybridized carbons (Fsp3) is 0.409. The summed E-state index contributed by atoms with van der Waals surface area (Å²) < 4.78 is 11.2. The van der Waals surface area contributed by atoms with Crippen molar-refractivity contribution in [3.05, 3.63) is 59.2 Å². The highest BCUT2D eigenvalue weighted by Gasteiger charge is 2.19. The first kappa shape index (κ1) is 19.8. The number of aryl methyl sites for hydroxylation is 1. The number of amides is 1. The first-order valence-corrected chi connectivity index (χ1v) is 9.03. The number of benzene rings is 2. The van der Waals surface area contributed by atoms with E-state index in [2.05, 4.69) is 31.3 Å². The Labute approximate surface area is 156 Å². The monoisotopic (exact) mass is 355 g/mol. The summed E-state index contributed by atoms with van der Waals surface area (Å²) in [5.74, 6) is 1.77. The second kappa shape index (κ2) is 8.75. The van der Waals surface area contributed by atoms with Gasteiger partial charge in [0.2, 0.25) is 0 Å². The summed E-state index contributed by atoms with van der Waals surface area (Å²) >= 11 is 0. The van der Waals surface area contributed by atoms with Crippen molar-refractivity contribution in [2.24, 2.45) is 0 Å².